The van der Waals surface area contributed by atoms with E-state index in [1.54, 1.807) is 6.21 Å². The fourth-order valence-corrected chi connectivity index (χ4v) is 3.40. The zero-order valence-corrected chi connectivity index (χ0v) is 15.8. The molecule has 0 atom stereocenters. The highest BCUT2D eigenvalue weighted by atomic mass is 79.9. The fraction of sp³-hybridized carbons (Fsp3) is 0.176. The van der Waals surface area contributed by atoms with Crippen molar-refractivity contribution in [3.63, 3.8) is 0 Å². The maximum absolute atomic E-state index is 10.6. The number of hydrogen-bond donors (Lipinski definition) is 1. The van der Waals surface area contributed by atoms with Crippen LogP contribution in [-0.4, -0.2) is 23.9 Å². The molecule has 0 fully saturated rings. The smallest absolute Gasteiger partial charge is 0.341 e. The zero-order chi connectivity index (χ0) is 17.0. The van der Waals surface area contributed by atoms with Crippen LogP contribution in [0.25, 0.3) is 0 Å². The molecule has 0 aromatic heterocycles. The van der Waals surface area contributed by atoms with Gasteiger partial charge in [0.15, 0.2) is 6.61 Å². The van der Waals surface area contributed by atoms with Gasteiger partial charge in [0.25, 0.3) is 0 Å². The predicted octanol–water partition coefficient (Wildman–Crippen LogP) is 5.04. The van der Waals surface area contributed by atoms with Crippen LogP contribution < -0.4 is 4.74 Å². The summed E-state index contributed by atoms with van der Waals surface area (Å²) in [5.74, 6) is -0.569. The number of carboxylic acids is 1. The molecule has 0 aliphatic heterocycles. The first-order valence-electron chi connectivity index (χ1n) is 6.82. The third-order valence-electron chi connectivity index (χ3n) is 3.29. The van der Waals surface area contributed by atoms with Gasteiger partial charge in [-0.2, -0.15) is 0 Å². The Morgan fingerprint density at radius 1 is 1.26 bits per heavy atom. The van der Waals surface area contributed by atoms with Crippen molar-refractivity contribution < 1.29 is 14.6 Å². The van der Waals surface area contributed by atoms with Gasteiger partial charge in [-0.05, 0) is 80.6 Å². The highest BCUT2D eigenvalue weighted by Gasteiger charge is 2.10. The van der Waals surface area contributed by atoms with Crippen molar-refractivity contribution in [2.24, 2.45) is 4.99 Å². The van der Waals surface area contributed by atoms with Crippen LogP contribution in [0, 0.1) is 13.8 Å². The highest BCUT2D eigenvalue weighted by molar-refractivity contribution is 9.11. The number of nitrogens with zero attached hydrogens (tertiary/aromatic N) is 1. The summed E-state index contributed by atoms with van der Waals surface area (Å²) in [6.07, 6.45) is 1.76. The van der Waals surface area contributed by atoms with Crippen LogP contribution in [0.3, 0.4) is 0 Å². The van der Waals surface area contributed by atoms with E-state index in [9.17, 15) is 4.79 Å². The van der Waals surface area contributed by atoms with E-state index in [-0.39, 0.29) is 0 Å². The van der Waals surface area contributed by atoms with Crippen molar-refractivity contribution in [1.82, 2.24) is 0 Å². The lowest BCUT2D eigenvalue weighted by Crippen LogP contribution is -2.10. The summed E-state index contributed by atoms with van der Waals surface area (Å²) in [7, 11) is 0. The largest absolute Gasteiger partial charge is 0.480 e. The summed E-state index contributed by atoms with van der Waals surface area (Å²) in [5.41, 5.74) is 4.12. The molecule has 0 bridgehead atoms. The molecule has 2 aromatic rings. The van der Waals surface area contributed by atoms with Gasteiger partial charge in [0.1, 0.15) is 5.75 Å². The molecule has 0 heterocycles. The SMILES string of the molecule is Cc1cccc(N=Cc2cc(Br)c(OCC(=O)O)c(Br)c2)c1C. The van der Waals surface area contributed by atoms with Gasteiger partial charge in [0, 0.05) is 6.21 Å². The number of halogens is 2. The van der Waals surface area contributed by atoms with Gasteiger partial charge in [-0.3, -0.25) is 4.99 Å². The lowest BCUT2D eigenvalue weighted by molar-refractivity contribution is -0.139. The summed E-state index contributed by atoms with van der Waals surface area (Å²) in [6, 6.07) is 9.65. The Labute approximate surface area is 151 Å². The average molecular weight is 441 g/mol. The standard InChI is InChI=1S/C17H15Br2NO3/c1-10-4-3-5-15(11(10)2)20-8-12-6-13(18)17(14(19)7-12)23-9-16(21)22/h3-8H,9H2,1-2H3,(H,21,22). The summed E-state index contributed by atoms with van der Waals surface area (Å²) in [6.45, 7) is 3.69. The summed E-state index contributed by atoms with van der Waals surface area (Å²) < 4.78 is 6.57. The molecule has 0 unspecified atom stereocenters. The fourth-order valence-electron chi connectivity index (χ4n) is 1.95. The number of aryl methyl sites for hydroxylation is 1. The second-order valence-electron chi connectivity index (χ2n) is 4.97. The Morgan fingerprint density at radius 3 is 2.52 bits per heavy atom. The van der Waals surface area contributed by atoms with Crippen LogP contribution in [0.15, 0.2) is 44.3 Å². The summed E-state index contributed by atoms with van der Waals surface area (Å²) >= 11 is 6.78. The minimum atomic E-state index is -1.02. The van der Waals surface area contributed by atoms with Crippen molar-refractivity contribution in [1.29, 1.82) is 0 Å². The number of rotatable bonds is 5. The molecule has 0 amide bonds. The number of benzene rings is 2. The lowest BCUT2D eigenvalue weighted by Gasteiger charge is -2.09. The quantitative estimate of drug-likeness (QED) is 0.662. The molecule has 2 aromatic carbocycles. The number of carbonyl (C=O) groups is 1. The average Bonchev–Trinajstić information content (AvgIpc) is 2.47. The second-order valence-corrected chi connectivity index (χ2v) is 6.68. The molecule has 23 heavy (non-hydrogen) atoms. The molecule has 1 N–H and O–H groups in total. The van der Waals surface area contributed by atoms with E-state index >= 15 is 0 Å². The Bertz CT molecular complexity index is 749. The van der Waals surface area contributed by atoms with E-state index in [1.807, 2.05) is 31.2 Å². The molecule has 0 spiro atoms. The predicted molar refractivity (Wildman–Crippen MR) is 98.1 cm³/mol. The van der Waals surface area contributed by atoms with Gasteiger partial charge in [-0.1, -0.05) is 12.1 Å². The molecule has 0 aliphatic carbocycles. The summed E-state index contributed by atoms with van der Waals surface area (Å²) in [5, 5.41) is 8.69. The number of carboxylic acid groups (broad SMARTS) is 1. The normalized spacial score (nSPS) is 11.0. The molecule has 6 heteroatoms. The summed E-state index contributed by atoms with van der Waals surface area (Å²) in [4.78, 5) is 15.1. The highest BCUT2D eigenvalue weighted by Crippen LogP contribution is 2.34. The molecule has 0 radical (unpaired) electrons. The van der Waals surface area contributed by atoms with Crippen LogP contribution in [0.5, 0.6) is 5.75 Å². The van der Waals surface area contributed by atoms with E-state index in [2.05, 4.69) is 49.8 Å². The van der Waals surface area contributed by atoms with E-state index in [4.69, 9.17) is 9.84 Å². The second kappa shape index (κ2) is 7.75. The molecule has 2 rings (SSSR count). The van der Waals surface area contributed by atoms with E-state index in [1.165, 1.54) is 5.56 Å². The van der Waals surface area contributed by atoms with Crippen molar-refractivity contribution >= 4 is 49.7 Å². The maximum atomic E-state index is 10.6. The first-order chi connectivity index (χ1) is 10.9. The topological polar surface area (TPSA) is 58.9 Å². The van der Waals surface area contributed by atoms with Crippen molar-refractivity contribution in [3.05, 3.63) is 56.0 Å². The molecular weight excluding hydrogens is 426 g/mol. The van der Waals surface area contributed by atoms with Crippen molar-refractivity contribution in [2.75, 3.05) is 6.61 Å². The molecule has 0 aliphatic rings. The van der Waals surface area contributed by atoms with Crippen molar-refractivity contribution in [3.8, 4) is 5.75 Å². The Kier molecular flexibility index (Phi) is 5.96. The van der Waals surface area contributed by atoms with E-state index in [0.717, 1.165) is 16.8 Å². The molecule has 0 saturated carbocycles. The van der Waals surface area contributed by atoms with Gasteiger partial charge in [-0.25, -0.2) is 4.79 Å². The Balaban J connectivity index is 2.26. The van der Waals surface area contributed by atoms with Crippen LogP contribution in [0.2, 0.25) is 0 Å². The monoisotopic (exact) mass is 439 g/mol. The number of ether oxygens (including phenoxy) is 1. The Hall–Kier alpha value is -1.66. The van der Waals surface area contributed by atoms with Gasteiger partial charge in [-0.15, -0.1) is 0 Å². The van der Waals surface area contributed by atoms with Crippen LogP contribution in [0.4, 0.5) is 5.69 Å². The zero-order valence-electron chi connectivity index (χ0n) is 12.6. The first-order valence-corrected chi connectivity index (χ1v) is 8.41. The van der Waals surface area contributed by atoms with E-state index in [0.29, 0.717) is 14.7 Å². The third kappa shape index (κ3) is 4.65. The van der Waals surface area contributed by atoms with Gasteiger partial charge in [0.05, 0.1) is 14.6 Å². The number of aliphatic imine (C=N–C) groups is 1. The minimum Gasteiger partial charge on any atom is -0.480 e. The molecule has 120 valence electrons. The Morgan fingerprint density at radius 2 is 1.91 bits per heavy atom. The van der Waals surface area contributed by atoms with Crippen LogP contribution >= 0.6 is 31.9 Å². The maximum Gasteiger partial charge on any atom is 0.341 e. The molecular formula is C17H15Br2NO3. The number of aliphatic carboxylic acids is 1. The van der Waals surface area contributed by atoms with E-state index < -0.39 is 12.6 Å². The van der Waals surface area contributed by atoms with Gasteiger partial charge < -0.3 is 9.84 Å². The van der Waals surface area contributed by atoms with Crippen LogP contribution in [0.1, 0.15) is 16.7 Å². The first kappa shape index (κ1) is 17.7. The van der Waals surface area contributed by atoms with Gasteiger partial charge in [0.2, 0.25) is 0 Å². The number of hydrogen-bond acceptors (Lipinski definition) is 3. The van der Waals surface area contributed by atoms with Gasteiger partial charge >= 0.3 is 5.97 Å². The third-order valence-corrected chi connectivity index (χ3v) is 4.47. The minimum absolute atomic E-state index is 0.396. The van der Waals surface area contributed by atoms with Crippen LogP contribution in [-0.2, 0) is 4.79 Å². The van der Waals surface area contributed by atoms with Crippen molar-refractivity contribution in [2.45, 2.75) is 13.8 Å². The lowest BCUT2D eigenvalue weighted by atomic mass is 10.1. The molecule has 4 nitrogen and oxygen atoms in total. The molecule has 0 saturated heterocycles.